The number of piperazine rings is 1. The zero-order valence-electron chi connectivity index (χ0n) is 16.6. The highest BCUT2D eigenvalue weighted by Crippen LogP contribution is 2.23. The second kappa shape index (κ2) is 11.9. The van der Waals surface area contributed by atoms with Crippen molar-refractivity contribution in [2.45, 2.75) is 19.9 Å². The van der Waals surface area contributed by atoms with Gasteiger partial charge >= 0.3 is 0 Å². The lowest BCUT2D eigenvalue weighted by molar-refractivity contribution is -0.127. The number of aliphatic imine (C=N–C) groups is 1. The SMILES string of the molecule is CCNC(=NCC(=O)N(C)C)N1CCN(C(C)c2ccc(Br)cc2)CC1.I. The van der Waals surface area contributed by atoms with E-state index in [0.29, 0.717) is 6.04 Å². The molecule has 1 amide bonds. The number of carbonyl (C=O) groups excluding carboxylic acids is 1. The fourth-order valence-electron chi connectivity index (χ4n) is 2.98. The largest absolute Gasteiger partial charge is 0.357 e. The zero-order valence-corrected chi connectivity index (χ0v) is 20.5. The number of nitrogens with zero attached hydrogens (tertiary/aromatic N) is 4. The van der Waals surface area contributed by atoms with E-state index in [1.165, 1.54) is 5.56 Å². The molecule has 1 N–H and O–H groups in total. The van der Waals surface area contributed by atoms with E-state index in [-0.39, 0.29) is 36.4 Å². The van der Waals surface area contributed by atoms with E-state index in [2.05, 4.69) is 74.2 Å². The first-order chi connectivity index (χ1) is 12.4. The molecule has 2 rings (SSSR count). The fourth-order valence-corrected chi connectivity index (χ4v) is 3.25. The quantitative estimate of drug-likeness (QED) is 0.347. The maximum Gasteiger partial charge on any atom is 0.243 e. The number of hydrogen-bond donors (Lipinski definition) is 1. The minimum Gasteiger partial charge on any atom is -0.357 e. The van der Waals surface area contributed by atoms with Crippen molar-refractivity contribution in [3.63, 3.8) is 0 Å². The molecule has 1 saturated heterocycles. The number of benzene rings is 1. The van der Waals surface area contributed by atoms with Crippen LogP contribution in [0.5, 0.6) is 0 Å². The number of amides is 1. The summed E-state index contributed by atoms with van der Waals surface area (Å²) in [6.07, 6.45) is 0. The van der Waals surface area contributed by atoms with Gasteiger partial charge in [0.05, 0.1) is 0 Å². The van der Waals surface area contributed by atoms with Crippen LogP contribution in [0.3, 0.4) is 0 Å². The Kier molecular flexibility index (Phi) is 10.6. The van der Waals surface area contributed by atoms with Crippen molar-refractivity contribution in [1.29, 1.82) is 0 Å². The van der Waals surface area contributed by atoms with Gasteiger partial charge in [0.2, 0.25) is 5.91 Å². The molecule has 0 spiro atoms. The molecule has 1 aliphatic heterocycles. The highest BCUT2D eigenvalue weighted by Gasteiger charge is 2.23. The van der Waals surface area contributed by atoms with Gasteiger partial charge in [-0.15, -0.1) is 24.0 Å². The summed E-state index contributed by atoms with van der Waals surface area (Å²) in [6, 6.07) is 8.94. The second-order valence-electron chi connectivity index (χ2n) is 6.71. The standard InChI is InChI=1S/C19H30BrN5O.HI/c1-5-21-19(22-14-18(26)23(3)4)25-12-10-24(11-13-25)15(2)16-6-8-17(20)9-7-16;/h6-9,15H,5,10-14H2,1-4H3,(H,21,22);1H. The minimum absolute atomic E-state index is 0. The maximum atomic E-state index is 11.8. The lowest BCUT2D eigenvalue weighted by Crippen LogP contribution is -2.53. The Bertz CT molecular complexity index is 615. The van der Waals surface area contributed by atoms with E-state index >= 15 is 0 Å². The Morgan fingerprint density at radius 2 is 1.81 bits per heavy atom. The van der Waals surface area contributed by atoms with Gasteiger partial charge in [-0.25, -0.2) is 4.99 Å². The van der Waals surface area contributed by atoms with Gasteiger partial charge in [-0.05, 0) is 31.5 Å². The van der Waals surface area contributed by atoms with Crippen molar-refractivity contribution in [3.8, 4) is 0 Å². The molecule has 1 fully saturated rings. The molecule has 1 aromatic carbocycles. The van der Waals surface area contributed by atoms with Crippen LogP contribution in [0.25, 0.3) is 0 Å². The molecule has 0 radical (unpaired) electrons. The maximum absolute atomic E-state index is 11.8. The molecule has 1 aliphatic rings. The fraction of sp³-hybridized carbons (Fsp3) is 0.579. The smallest absolute Gasteiger partial charge is 0.243 e. The molecule has 0 saturated carbocycles. The van der Waals surface area contributed by atoms with Crippen LogP contribution >= 0.6 is 39.9 Å². The minimum atomic E-state index is 0. The normalized spacial score (nSPS) is 16.5. The molecule has 6 nitrogen and oxygen atoms in total. The van der Waals surface area contributed by atoms with E-state index in [1.54, 1.807) is 19.0 Å². The average Bonchev–Trinajstić information content (AvgIpc) is 2.65. The number of nitrogens with one attached hydrogen (secondary N) is 1. The van der Waals surface area contributed by atoms with Gasteiger partial charge in [0, 0.05) is 57.3 Å². The van der Waals surface area contributed by atoms with E-state index in [0.717, 1.165) is 43.2 Å². The molecule has 0 aliphatic carbocycles. The molecule has 1 atom stereocenters. The molecule has 27 heavy (non-hydrogen) atoms. The first-order valence-electron chi connectivity index (χ1n) is 9.15. The van der Waals surface area contributed by atoms with Gasteiger partial charge in [0.15, 0.2) is 5.96 Å². The van der Waals surface area contributed by atoms with Gasteiger partial charge in [0.1, 0.15) is 6.54 Å². The predicted octanol–water partition coefficient (Wildman–Crippen LogP) is 2.80. The molecule has 1 heterocycles. The number of hydrogen-bond acceptors (Lipinski definition) is 3. The van der Waals surface area contributed by atoms with Crippen LogP contribution in [0.15, 0.2) is 33.7 Å². The summed E-state index contributed by atoms with van der Waals surface area (Å²) in [5.41, 5.74) is 1.33. The van der Waals surface area contributed by atoms with Crippen LogP contribution in [0.1, 0.15) is 25.5 Å². The average molecular weight is 552 g/mol. The van der Waals surface area contributed by atoms with E-state index in [1.807, 2.05) is 0 Å². The first kappa shape index (κ1) is 24.2. The molecule has 8 heteroatoms. The summed E-state index contributed by atoms with van der Waals surface area (Å²) < 4.78 is 1.11. The Balaban J connectivity index is 0.00000364. The number of guanidine groups is 1. The number of halogens is 2. The third-order valence-corrected chi connectivity index (χ3v) is 5.24. The molecular weight excluding hydrogens is 521 g/mol. The Morgan fingerprint density at radius 3 is 2.33 bits per heavy atom. The van der Waals surface area contributed by atoms with Crippen molar-refractivity contribution >= 4 is 51.8 Å². The van der Waals surface area contributed by atoms with Crippen LogP contribution in [-0.2, 0) is 4.79 Å². The summed E-state index contributed by atoms with van der Waals surface area (Å²) in [6.45, 7) is 9.05. The molecule has 0 bridgehead atoms. The Morgan fingerprint density at radius 1 is 1.22 bits per heavy atom. The van der Waals surface area contributed by atoms with E-state index in [9.17, 15) is 4.79 Å². The van der Waals surface area contributed by atoms with Gasteiger partial charge in [0.25, 0.3) is 0 Å². The third kappa shape index (κ3) is 7.23. The molecule has 0 aromatic heterocycles. The number of rotatable bonds is 5. The van der Waals surface area contributed by atoms with Crippen molar-refractivity contribution in [3.05, 3.63) is 34.3 Å². The molecule has 152 valence electrons. The van der Waals surface area contributed by atoms with Crippen LogP contribution in [-0.4, -0.2) is 79.9 Å². The van der Waals surface area contributed by atoms with Gasteiger partial charge in [-0.2, -0.15) is 0 Å². The topological polar surface area (TPSA) is 51.2 Å². The molecule has 1 aromatic rings. The van der Waals surface area contributed by atoms with E-state index in [4.69, 9.17) is 0 Å². The summed E-state index contributed by atoms with van der Waals surface area (Å²) in [5.74, 6) is 0.849. The zero-order chi connectivity index (χ0) is 19.1. The van der Waals surface area contributed by atoms with Crippen LogP contribution in [0, 0.1) is 0 Å². The van der Waals surface area contributed by atoms with E-state index < -0.39 is 0 Å². The number of likely N-dealkylation sites (N-methyl/N-ethyl adjacent to an activating group) is 1. The summed E-state index contributed by atoms with van der Waals surface area (Å²) in [5, 5.41) is 3.31. The predicted molar refractivity (Wildman–Crippen MR) is 126 cm³/mol. The summed E-state index contributed by atoms with van der Waals surface area (Å²) >= 11 is 3.50. The summed E-state index contributed by atoms with van der Waals surface area (Å²) in [7, 11) is 3.51. The van der Waals surface area contributed by atoms with Crippen LogP contribution in [0.2, 0.25) is 0 Å². The van der Waals surface area contributed by atoms with Crippen molar-refractivity contribution in [2.75, 3.05) is 53.4 Å². The molecular formula is C19H31BrIN5O. The summed E-state index contributed by atoms with van der Waals surface area (Å²) in [4.78, 5) is 22.6. The van der Waals surface area contributed by atoms with Gasteiger partial charge in [-0.3, -0.25) is 9.69 Å². The van der Waals surface area contributed by atoms with Crippen LogP contribution < -0.4 is 5.32 Å². The van der Waals surface area contributed by atoms with Crippen molar-refractivity contribution in [2.24, 2.45) is 4.99 Å². The van der Waals surface area contributed by atoms with Crippen molar-refractivity contribution in [1.82, 2.24) is 20.0 Å². The van der Waals surface area contributed by atoms with Gasteiger partial charge < -0.3 is 15.1 Å². The molecule has 1 unspecified atom stereocenters. The van der Waals surface area contributed by atoms with Crippen molar-refractivity contribution < 1.29 is 4.79 Å². The monoisotopic (exact) mass is 551 g/mol. The van der Waals surface area contributed by atoms with Crippen LogP contribution in [0.4, 0.5) is 0 Å². The number of carbonyl (C=O) groups is 1. The lowest BCUT2D eigenvalue weighted by atomic mass is 10.1. The Hall–Kier alpha value is -0.870. The van der Waals surface area contributed by atoms with Gasteiger partial charge in [-0.1, -0.05) is 28.1 Å². The second-order valence-corrected chi connectivity index (χ2v) is 7.62. The lowest BCUT2D eigenvalue weighted by Gasteiger charge is -2.39. The highest BCUT2D eigenvalue weighted by atomic mass is 127. The third-order valence-electron chi connectivity index (χ3n) is 4.71. The Labute approximate surface area is 188 Å². The highest BCUT2D eigenvalue weighted by molar-refractivity contribution is 14.0. The first-order valence-corrected chi connectivity index (χ1v) is 9.94.